The van der Waals surface area contributed by atoms with Crippen LogP contribution >= 0.6 is 11.6 Å². The number of ether oxygens (including phenoxy) is 1. The van der Waals surface area contributed by atoms with E-state index in [4.69, 9.17) is 20.8 Å². The number of fused-ring (bicyclic) bond motifs is 1. The molecule has 5 nitrogen and oxygen atoms in total. The van der Waals surface area contributed by atoms with Crippen molar-refractivity contribution in [3.05, 3.63) is 35.0 Å². The first kappa shape index (κ1) is 19.7. The van der Waals surface area contributed by atoms with Crippen molar-refractivity contribution in [3.63, 3.8) is 0 Å². The molecular formula is C21H27ClN2O3. The van der Waals surface area contributed by atoms with Crippen LogP contribution in [-0.2, 0) is 4.79 Å². The van der Waals surface area contributed by atoms with E-state index in [2.05, 4.69) is 31.8 Å². The van der Waals surface area contributed by atoms with Crippen LogP contribution < -0.4 is 4.74 Å². The molecule has 0 N–H and O–H groups in total. The number of benzene rings is 1. The number of hydrogen-bond acceptors (Lipinski definition) is 4. The largest absolute Gasteiger partial charge is 0.440 e. The molecule has 2 aromatic rings. The molecule has 1 amide bonds. The zero-order chi connectivity index (χ0) is 19.8. The quantitative estimate of drug-likeness (QED) is 0.682. The summed E-state index contributed by atoms with van der Waals surface area (Å²) >= 11 is 5.96. The lowest BCUT2D eigenvalue weighted by molar-refractivity contribution is -0.133. The van der Waals surface area contributed by atoms with Gasteiger partial charge in [-0.3, -0.25) is 4.79 Å². The van der Waals surface area contributed by atoms with Gasteiger partial charge in [0.25, 0.3) is 5.91 Å². The normalized spacial score (nSPS) is 19.2. The Morgan fingerprint density at radius 2 is 2.19 bits per heavy atom. The van der Waals surface area contributed by atoms with Crippen molar-refractivity contribution >= 4 is 28.6 Å². The molecule has 27 heavy (non-hydrogen) atoms. The molecule has 1 aromatic heterocycles. The number of rotatable bonds is 5. The maximum Gasteiger partial charge on any atom is 0.395 e. The van der Waals surface area contributed by atoms with Gasteiger partial charge in [-0.05, 0) is 56.2 Å². The molecule has 0 fully saturated rings. The van der Waals surface area contributed by atoms with Crippen molar-refractivity contribution in [2.75, 3.05) is 6.61 Å². The van der Waals surface area contributed by atoms with E-state index in [-0.39, 0.29) is 30.0 Å². The minimum absolute atomic E-state index is 0.0517. The summed E-state index contributed by atoms with van der Waals surface area (Å²) in [6, 6.07) is 5.21. The van der Waals surface area contributed by atoms with Crippen LogP contribution in [0.1, 0.15) is 47.5 Å². The Morgan fingerprint density at radius 1 is 1.44 bits per heavy atom. The third kappa shape index (κ3) is 4.64. The fourth-order valence-corrected chi connectivity index (χ4v) is 4.14. The van der Waals surface area contributed by atoms with Crippen molar-refractivity contribution in [2.24, 2.45) is 11.3 Å². The van der Waals surface area contributed by atoms with E-state index < -0.39 is 0 Å². The molecule has 1 aliphatic rings. The van der Waals surface area contributed by atoms with E-state index >= 15 is 0 Å². The number of halogens is 1. The lowest BCUT2D eigenvalue weighted by Crippen LogP contribution is -2.41. The molecular weight excluding hydrogens is 364 g/mol. The summed E-state index contributed by atoms with van der Waals surface area (Å²) in [6.45, 7) is 10.6. The van der Waals surface area contributed by atoms with Crippen LogP contribution in [0.2, 0.25) is 5.02 Å². The second-order valence-electron chi connectivity index (χ2n) is 8.38. The van der Waals surface area contributed by atoms with Crippen molar-refractivity contribution < 1.29 is 13.9 Å². The lowest BCUT2D eigenvalue weighted by atomic mass is 9.76. The average Bonchev–Trinajstić information content (AvgIpc) is 2.92. The predicted molar refractivity (Wildman–Crippen MR) is 107 cm³/mol. The number of oxazole rings is 1. The Kier molecular flexibility index (Phi) is 5.52. The van der Waals surface area contributed by atoms with E-state index in [0.29, 0.717) is 22.0 Å². The highest BCUT2D eigenvalue weighted by molar-refractivity contribution is 6.31. The number of carbonyl (C=O) groups excluding carboxylic acids is 1. The van der Waals surface area contributed by atoms with Crippen LogP contribution in [0.3, 0.4) is 0 Å². The van der Waals surface area contributed by atoms with Crippen molar-refractivity contribution in [2.45, 2.75) is 53.5 Å². The number of aromatic nitrogens is 1. The van der Waals surface area contributed by atoms with E-state index in [1.165, 1.54) is 0 Å². The predicted octanol–water partition coefficient (Wildman–Crippen LogP) is 5.44. The third-order valence-corrected chi connectivity index (χ3v) is 4.97. The first-order valence-electron chi connectivity index (χ1n) is 9.37. The Hall–Kier alpha value is -2.01. The first-order chi connectivity index (χ1) is 12.6. The van der Waals surface area contributed by atoms with Gasteiger partial charge in [-0.15, -0.1) is 0 Å². The third-order valence-electron chi connectivity index (χ3n) is 4.73. The molecule has 0 spiro atoms. The highest BCUT2D eigenvalue weighted by Crippen LogP contribution is 2.38. The van der Waals surface area contributed by atoms with Gasteiger partial charge in [-0.25, -0.2) is 0 Å². The number of nitrogens with zero attached hydrogens (tertiary/aromatic N) is 2. The smallest absolute Gasteiger partial charge is 0.395 e. The standard InChI is InChI=1S/C21H27ClN2O3/c1-13(2)24(16-8-14(3)10-21(4,5)11-16)19(25)12-26-20-23-17-9-15(22)6-7-18(17)27-20/h6-7,9,11,13-14H,8,10,12H2,1-5H3. The summed E-state index contributed by atoms with van der Waals surface area (Å²) in [6.07, 6.45) is 4.33. The maximum absolute atomic E-state index is 12.9. The fourth-order valence-electron chi connectivity index (χ4n) is 3.98. The maximum atomic E-state index is 12.9. The first-order valence-corrected chi connectivity index (χ1v) is 9.75. The van der Waals surface area contributed by atoms with Crippen LogP contribution in [0.5, 0.6) is 6.08 Å². The summed E-state index contributed by atoms with van der Waals surface area (Å²) in [4.78, 5) is 19.0. The molecule has 146 valence electrons. The van der Waals surface area contributed by atoms with Gasteiger partial charge in [0.15, 0.2) is 12.2 Å². The molecule has 0 saturated heterocycles. The van der Waals surface area contributed by atoms with Gasteiger partial charge < -0.3 is 14.1 Å². The number of amides is 1. The SMILES string of the molecule is CC1CC(N(C(=O)COc2nc3cc(Cl)ccc3o2)C(C)C)=CC(C)(C)C1. The minimum atomic E-state index is -0.120. The Labute approximate surface area is 165 Å². The summed E-state index contributed by atoms with van der Waals surface area (Å²) in [5.41, 5.74) is 2.34. The Morgan fingerprint density at radius 3 is 2.85 bits per heavy atom. The highest BCUT2D eigenvalue weighted by atomic mass is 35.5. The van der Waals surface area contributed by atoms with E-state index in [1.54, 1.807) is 18.2 Å². The topological polar surface area (TPSA) is 55.6 Å². The molecule has 1 unspecified atom stereocenters. The zero-order valence-electron chi connectivity index (χ0n) is 16.6. The number of hydrogen-bond donors (Lipinski definition) is 0. The average molecular weight is 391 g/mol. The van der Waals surface area contributed by atoms with Crippen LogP contribution in [0.25, 0.3) is 11.1 Å². The minimum Gasteiger partial charge on any atom is -0.440 e. The van der Waals surface area contributed by atoms with Crippen LogP contribution in [0.4, 0.5) is 0 Å². The van der Waals surface area contributed by atoms with Gasteiger partial charge in [0.2, 0.25) is 0 Å². The summed E-state index contributed by atoms with van der Waals surface area (Å²) in [5.74, 6) is 0.443. The van der Waals surface area contributed by atoms with E-state index in [9.17, 15) is 4.79 Å². The monoisotopic (exact) mass is 390 g/mol. The second-order valence-corrected chi connectivity index (χ2v) is 8.81. The lowest BCUT2D eigenvalue weighted by Gasteiger charge is -2.38. The van der Waals surface area contributed by atoms with Crippen LogP contribution in [-0.4, -0.2) is 28.4 Å². The Bertz CT molecular complexity index is 869. The summed E-state index contributed by atoms with van der Waals surface area (Å²) in [7, 11) is 0. The molecule has 1 aliphatic carbocycles. The molecule has 1 aromatic carbocycles. The summed E-state index contributed by atoms with van der Waals surface area (Å²) in [5, 5.41) is 0.574. The van der Waals surface area contributed by atoms with Crippen molar-refractivity contribution in [1.29, 1.82) is 0 Å². The molecule has 3 rings (SSSR count). The van der Waals surface area contributed by atoms with Crippen LogP contribution in [0.15, 0.2) is 34.4 Å². The zero-order valence-corrected chi connectivity index (χ0v) is 17.3. The van der Waals surface area contributed by atoms with Gasteiger partial charge in [-0.1, -0.05) is 38.4 Å². The van der Waals surface area contributed by atoms with E-state index in [1.807, 2.05) is 18.7 Å². The van der Waals surface area contributed by atoms with Gasteiger partial charge in [-0.2, -0.15) is 4.98 Å². The van der Waals surface area contributed by atoms with Gasteiger partial charge in [0.1, 0.15) is 5.52 Å². The Balaban J connectivity index is 1.74. The summed E-state index contributed by atoms with van der Waals surface area (Å²) < 4.78 is 11.1. The molecule has 0 bridgehead atoms. The van der Waals surface area contributed by atoms with Gasteiger partial charge >= 0.3 is 6.08 Å². The second kappa shape index (κ2) is 7.55. The molecule has 6 heteroatoms. The molecule has 0 radical (unpaired) electrons. The fraction of sp³-hybridized carbons (Fsp3) is 0.524. The molecule has 0 aliphatic heterocycles. The van der Waals surface area contributed by atoms with Crippen LogP contribution in [0, 0.1) is 11.3 Å². The van der Waals surface area contributed by atoms with Crippen molar-refractivity contribution in [3.8, 4) is 6.08 Å². The molecule has 1 heterocycles. The highest BCUT2D eigenvalue weighted by Gasteiger charge is 2.31. The molecule has 0 saturated carbocycles. The number of carbonyl (C=O) groups is 1. The molecule has 1 atom stereocenters. The van der Waals surface area contributed by atoms with Gasteiger partial charge in [0, 0.05) is 16.8 Å². The number of allylic oxidation sites excluding steroid dienone is 2. The van der Waals surface area contributed by atoms with E-state index in [0.717, 1.165) is 18.5 Å². The van der Waals surface area contributed by atoms with Gasteiger partial charge in [0.05, 0.1) is 0 Å². The van der Waals surface area contributed by atoms with Crippen molar-refractivity contribution in [1.82, 2.24) is 9.88 Å².